The van der Waals surface area contributed by atoms with Crippen LogP contribution in [0.5, 0.6) is 5.75 Å². The normalized spacial score (nSPS) is 14.3. The zero-order chi connectivity index (χ0) is 32.6. The lowest BCUT2D eigenvalue weighted by Gasteiger charge is -2.39. The van der Waals surface area contributed by atoms with E-state index in [9.17, 15) is 14.4 Å². The molecule has 0 saturated heterocycles. The highest BCUT2D eigenvalue weighted by Gasteiger charge is 2.50. The Morgan fingerprint density at radius 2 is 1.45 bits per heavy atom. The molecule has 1 aromatic heterocycles. The Morgan fingerprint density at radius 1 is 0.818 bits per heavy atom. The maximum atomic E-state index is 13.8. The topological polar surface area (TPSA) is 99.1 Å². The van der Waals surface area contributed by atoms with Crippen LogP contribution in [0.25, 0.3) is 0 Å². The van der Waals surface area contributed by atoms with Gasteiger partial charge in [-0.05, 0) is 88.9 Å². The van der Waals surface area contributed by atoms with E-state index in [1.54, 1.807) is 79.5 Å². The number of hydrogen-bond acceptors (Lipinski definition) is 11. The smallest absolute Gasteiger partial charge is 0.316 e. The van der Waals surface area contributed by atoms with E-state index in [2.05, 4.69) is 0 Å². The van der Waals surface area contributed by atoms with Crippen LogP contribution in [0, 0.1) is 16.2 Å². The molecule has 0 fully saturated rings. The summed E-state index contributed by atoms with van der Waals surface area (Å²) in [6.45, 7) is 9.70. The van der Waals surface area contributed by atoms with E-state index in [1.807, 2.05) is 49.7 Å². The van der Waals surface area contributed by atoms with Gasteiger partial charge in [-0.2, -0.15) is 23.5 Å². The zero-order valence-corrected chi connectivity index (χ0v) is 30.1. The van der Waals surface area contributed by atoms with Crippen LogP contribution >= 0.6 is 46.6 Å². The lowest BCUT2D eigenvalue weighted by Crippen LogP contribution is -2.45. The van der Waals surface area contributed by atoms with Crippen LogP contribution in [-0.2, 0) is 30.3 Å². The summed E-state index contributed by atoms with van der Waals surface area (Å²) in [4.78, 5) is 42.8. The molecule has 2 aromatic rings. The molecule has 0 bridgehead atoms. The third kappa shape index (κ3) is 12.6. The van der Waals surface area contributed by atoms with Crippen molar-refractivity contribution in [2.75, 3.05) is 49.1 Å². The molecule has 0 radical (unpaired) electrons. The number of aliphatic hydroxyl groups is 1. The number of ether oxygens (including phenoxy) is 3. The minimum Gasteiger partial charge on any atom is -0.465 e. The average Bonchev–Trinajstić information content (AvgIpc) is 3.52. The van der Waals surface area contributed by atoms with Crippen LogP contribution < -0.4 is 4.74 Å². The van der Waals surface area contributed by atoms with Gasteiger partial charge in [-0.25, -0.2) is 0 Å². The third-order valence-electron chi connectivity index (χ3n) is 7.43. The molecule has 7 nitrogen and oxygen atoms in total. The van der Waals surface area contributed by atoms with Gasteiger partial charge >= 0.3 is 17.9 Å². The van der Waals surface area contributed by atoms with E-state index in [0.29, 0.717) is 30.1 Å². The van der Waals surface area contributed by atoms with Gasteiger partial charge in [-0.1, -0.05) is 13.0 Å². The van der Waals surface area contributed by atoms with Crippen LogP contribution in [-0.4, -0.2) is 72.1 Å². The van der Waals surface area contributed by atoms with Gasteiger partial charge in [0.2, 0.25) is 0 Å². The van der Waals surface area contributed by atoms with E-state index in [1.165, 1.54) is 0 Å². The van der Waals surface area contributed by atoms with Crippen molar-refractivity contribution in [3.63, 3.8) is 0 Å². The molecule has 0 aliphatic carbocycles. The van der Waals surface area contributed by atoms with Gasteiger partial charge < -0.3 is 19.3 Å². The fraction of sp³-hybridized carbons (Fsp3) is 0.606. The molecule has 246 valence electrons. The lowest BCUT2D eigenvalue weighted by atomic mass is 9.65. The number of rotatable bonds is 21. The number of carbonyl (C=O) groups excluding carboxylic acids is 3. The minimum atomic E-state index is -1.16. The Balaban J connectivity index is 2.16. The van der Waals surface area contributed by atoms with Crippen molar-refractivity contribution in [2.45, 2.75) is 65.2 Å². The molecule has 11 heteroatoms. The van der Waals surface area contributed by atoms with E-state index < -0.39 is 28.2 Å². The van der Waals surface area contributed by atoms with Crippen molar-refractivity contribution >= 4 is 64.5 Å². The maximum absolute atomic E-state index is 13.8. The quantitative estimate of drug-likeness (QED) is 0.0620. The maximum Gasteiger partial charge on any atom is 0.316 e. The van der Waals surface area contributed by atoms with Crippen LogP contribution in [0.3, 0.4) is 0 Å². The summed E-state index contributed by atoms with van der Waals surface area (Å²) in [5.74, 6) is 2.33. The summed E-state index contributed by atoms with van der Waals surface area (Å²) in [6, 6.07) is 11.3. The van der Waals surface area contributed by atoms with E-state index in [-0.39, 0.29) is 38.6 Å². The largest absolute Gasteiger partial charge is 0.465 e. The van der Waals surface area contributed by atoms with Gasteiger partial charge in [-0.15, -0.1) is 23.1 Å². The van der Waals surface area contributed by atoms with Crippen molar-refractivity contribution in [3.05, 3.63) is 46.7 Å². The number of esters is 3. The summed E-state index contributed by atoms with van der Waals surface area (Å²) in [6.07, 6.45) is 3.36. The van der Waals surface area contributed by atoms with Gasteiger partial charge in [0.25, 0.3) is 0 Å². The molecule has 1 heterocycles. The zero-order valence-electron chi connectivity index (χ0n) is 26.8. The molecule has 0 amide bonds. The summed E-state index contributed by atoms with van der Waals surface area (Å²) >= 11 is 6.58. The summed E-state index contributed by atoms with van der Waals surface area (Å²) in [5, 5.41) is 10.9. The molecule has 1 aromatic carbocycles. The predicted molar refractivity (Wildman–Crippen MR) is 185 cm³/mol. The predicted octanol–water partition coefficient (Wildman–Crippen LogP) is 7.39. The first kappa shape index (κ1) is 38.5. The molecule has 1 N–H and O–H groups in total. The van der Waals surface area contributed by atoms with Crippen LogP contribution in [0.15, 0.2) is 46.7 Å². The van der Waals surface area contributed by atoms with E-state index in [4.69, 9.17) is 19.3 Å². The van der Waals surface area contributed by atoms with Gasteiger partial charge in [0.1, 0.15) is 12.4 Å². The second kappa shape index (κ2) is 19.1. The SMILES string of the molecule is CCC(C)(CC(C)(CC(C)(C)C(=O)Oc1ccc(SC)cc1)C(=O)OCCSCCSCCO)C(=O)OCCc1cccs1. The first-order valence-electron chi connectivity index (χ1n) is 14.9. The molecule has 0 spiro atoms. The van der Waals surface area contributed by atoms with Crippen molar-refractivity contribution in [1.29, 1.82) is 0 Å². The monoisotopic (exact) mass is 684 g/mol. The number of hydrogen-bond donors (Lipinski definition) is 1. The second-order valence-electron chi connectivity index (χ2n) is 11.8. The molecule has 0 aliphatic heterocycles. The fourth-order valence-electron chi connectivity index (χ4n) is 4.97. The molecule has 44 heavy (non-hydrogen) atoms. The number of carbonyl (C=O) groups is 3. The Labute approximate surface area is 280 Å². The fourth-order valence-corrected chi connectivity index (χ4v) is 7.75. The molecule has 2 unspecified atom stereocenters. The standard InChI is InChI=1S/C33H48O7S4/c1-7-32(4,29(36)38-16-14-27-9-8-18-44-27)24-33(5,30(37)39-17-20-43-22-21-42-19-15-34)23-31(2,3)28(35)40-25-10-12-26(41-6)13-11-25/h8-13,18,34H,7,14-17,19-24H2,1-6H3. The number of thiophene rings is 1. The van der Waals surface area contributed by atoms with Gasteiger partial charge in [0, 0.05) is 39.2 Å². The first-order valence-corrected chi connectivity index (χ1v) is 19.3. The lowest BCUT2D eigenvalue weighted by molar-refractivity contribution is -0.166. The number of thioether (sulfide) groups is 3. The van der Waals surface area contributed by atoms with Crippen molar-refractivity contribution < 1.29 is 33.7 Å². The van der Waals surface area contributed by atoms with Crippen LogP contribution in [0.2, 0.25) is 0 Å². The number of benzene rings is 1. The third-order valence-corrected chi connectivity index (χ3v) is 11.3. The summed E-state index contributed by atoms with van der Waals surface area (Å²) in [7, 11) is 0. The highest BCUT2D eigenvalue weighted by Crippen LogP contribution is 2.46. The highest BCUT2D eigenvalue weighted by molar-refractivity contribution is 8.02. The van der Waals surface area contributed by atoms with Crippen molar-refractivity contribution in [1.82, 2.24) is 0 Å². The van der Waals surface area contributed by atoms with Crippen molar-refractivity contribution in [2.24, 2.45) is 16.2 Å². The van der Waals surface area contributed by atoms with Crippen LogP contribution in [0.4, 0.5) is 0 Å². The first-order chi connectivity index (χ1) is 20.9. The average molecular weight is 685 g/mol. The van der Waals surface area contributed by atoms with Gasteiger partial charge in [0.15, 0.2) is 0 Å². The Kier molecular flexibility index (Phi) is 16.7. The summed E-state index contributed by atoms with van der Waals surface area (Å²) < 4.78 is 17.3. The molecular weight excluding hydrogens is 637 g/mol. The van der Waals surface area contributed by atoms with E-state index >= 15 is 0 Å². The highest BCUT2D eigenvalue weighted by atomic mass is 32.2. The summed E-state index contributed by atoms with van der Waals surface area (Å²) in [5.41, 5.74) is -3.18. The van der Waals surface area contributed by atoms with E-state index in [0.717, 1.165) is 21.3 Å². The van der Waals surface area contributed by atoms with Crippen LogP contribution in [0.1, 0.15) is 58.8 Å². The Hall–Kier alpha value is -1.66. The molecule has 0 saturated carbocycles. The molecular formula is C33H48O7S4. The molecule has 2 atom stereocenters. The Bertz CT molecular complexity index is 1150. The molecule has 0 aliphatic rings. The minimum absolute atomic E-state index is 0.129. The van der Waals surface area contributed by atoms with Gasteiger partial charge in [-0.3, -0.25) is 14.4 Å². The number of aliphatic hydroxyl groups excluding tert-OH is 1. The molecule has 2 rings (SSSR count). The second-order valence-corrected chi connectivity index (χ2v) is 16.2. The Morgan fingerprint density at radius 3 is 2.05 bits per heavy atom. The van der Waals surface area contributed by atoms with Gasteiger partial charge in [0.05, 0.1) is 29.5 Å². The van der Waals surface area contributed by atoms with Crippen molar-refractivity contribution in [3.8, 4) is 5.75 Å².